The maximum atomic E-state index is 4.58. The highest BCUT2D eigenvalue weighted by Gasteiger charge is 2.24. The Balaban J connectivity index is 1.96. The number of aromatic nitrogens is 4. The van der Waals surface area contributed by atoms with E-state index in [9.17, 15) is 0 Å². The first kappa shape index (κ1) is 16.7. The Morgan fingerprint density at radius 2 is 1.81 bits per heavy atom. The first-order chi connectivity index (χ1) is 12.6. The lowest BCUT2D eigenvalue weighted by molar-refractivity contribution is 0.557. The summed E-state index contributed by atoms with van der Waals surface area (Å²) < 4.78 is 0. The van der Waals surface area contributed by atoms with Crippen molar-refractivity contribution in [2.75, 3.05) is 0 Å². The Bertz CT molecular complexity index is 1060. The molecule has 0 saturated carbocycles. The Hall–Kier alpha value is -2.75. The molecule has 0 aliphatic rings. The summed E-state index contributed by atoms with van der Waals surface area (Å²) in [5.41, 5.74) is 5.90. The van der Waals surface area contributed by atoms with E-state index in [2.05, 4.69) is 72.1 Å². The van der Waals surface area contributed by atoms with Gasteiger partial charge in [-0.2, -0.15) is 5.10 Å². The summed E-state index contributed by atoms with van der Waals surface area (Å²) in [5, 5.41) is 9.36. The van der Waals surface area contributed by atoms with Gasteiger partial charge in [0.15, 0.2) is 5.65 Å². The van der Waals surface area contributed by atoms with Crippen LogP contribution in [0.15, 0.2) is 48.9 Å². The molecule has 0 bridgehead atoms. The second kappa shape index (κ2) is 6.52. The highest BCUT2D eigenvalue weighted by atomic mass is 15.1. The predicted molar refractivity (Wildman–Crippen MR) is 106 cm³/mol. The van der Waals surface area contributed by atoms with Gasteiger partial charge in [-0.05, 0) is 46.7 Å². The largest absolute Gasteiger partial charge is 0.261 e. The van der Waals surface area contributed by atoms with Crippen LogP contribution in [0, 0.1) is 5.92 Å². The van der Waals surface area contributed by atoms with Gasteiger partial charge in [-0.3, -0.25) is 10.1 Å². The van der Waals surface area contributed by atoms with E-state index in [0.717, 1.165) is 16.6 Å². The standard InChI is InChI=1S/C22H24N4/c1-13(2)20(15-10-16-12-25-26-22(16)24-11-15)18-7-8-19-17(6-5-9-23-19)21(18)14(3)4/h5-14,20H,1-4H3,(H,24,25,26). The van der Waals surface area contributed by atoms with Gasteiger partial charge in [0.05, 0.1) is 11.7 Å². The topological polar surface area (TPSA) is 54.5 Å². The van der Waals surface area contributed by atoms with E-state index < -0.39 is 0 Å². The highest BCUT2D eigenvalue weighted by Crippen LogP contribution is 2.39. The van der Waals surface area contributed by atoms with Gasteiger partial charge in [-0.15, -0.1) is 0 Å². The molecule has 1 atom stereocenters. The molecule has 4 nitrogen and oxygen atoms in total. The van der Waals surface area contributed by atoms with Crippen LogP contribution in [0.4, 0.5) is 0 Å². The lowest BCUT2D eigenvalue weighted by Crippen LogP contribution is -2.13. The van der Waals surface area contributed by atoms with Gasteiger partial charge < -0.3 is 0 Å². The molecule has 3 aromatic heterocycles. The van der Waals surface area contributed by atoms with Crippen LogP contribution in [-0.4, -0.2) is 20.2 Å². The normalized spacial score (nSPS) is 13.2. The van der Waals surface area contributed by atoms with E-state index >= 15 is 0 Å². The van der Waals surface area contributed by atoms with Crippen LogP contribution in [0.3, 0.4) is 0 Å². The molecule has 0 fully saturated rings. The fourth-order valence-electron chi connectivity index (χ4n) is 4.05. The number of H-pyrrole nitrogens is 1. The number of rotatable bonds is 4. The minimum atomic E-state index is 0.281. The van der Waals surface area contributed by atoms with Crippen LogP contribution in [0.1, 0.15) is 56.2 Å². The summed E-state index contributed by atoms with van der Waals surface area (Å²) in [6.07, 6.45) is 5.70. The molecule has 0 spiro atoms. The van der Waals surface area contributed by atoms with Crippen molar-refractivity contribution in [1.82, 2.24) is 20.2 Å². The monoisotopic (exact) mass is 344 g/mol. The molecular formula is C22H24N4. The fourth-order valence-corrected chi connectivity index (χ4v) is 4.05. The van der Waals surface area contributed by atoms with Crippen molar-refractivity contribution in [2.45, 2.75) is 39.5 Å². The van der Waals surface area contributed by atoms with Gasteiger partial charge in [0.1, 0.15) is 0 Å². The minimum Gasteiger partial charge on any atom is -0.261 e. The molecule has 0 aliphatic carbocycles. The third kappa shape index (κ3) is 2.75. The number of aromatic amines is 1. The molecule has 3 heterocycles. The van der Waals surface area contributed by atoms with Gasteiger partial charge in [0.25, 0.3) is 0 Å². The zero-order valence-corrected chi connectivity index (χ0v) is 15.7. The van der Waals surface area contributed by atoms with Gasteiger partial charge in [-0.1, -0.05) is 39.8 Å². The lowest BCUT2D eigenvalue weighted by atomic mass is 9.78. The number of hydrogen-bond acceptors (Lipinski definition) is 3. The molecule has 1 aromatic carbocycles. The van der Waals surface area contributed by atoms with Gasteiger partial charge in [-0.25, -0.2) is 4.98 Å². The number of hydrogen-bond donors (Lipinski definition) is 1. The summed E-state index contributed by atoms with van der Waals surface area (Å²) in [6, 6.07) is 10.8. The summed E-state index contributed by atoms with van der Waals surface area (Å²) in [4.78, 5) is 9.13. The molecule has 1 N–H and O–H groups in total. The van der Waals surface area contributed by atoms with E-state index in [1.54, 1.807) is 0 Å². The van der Waals surface area contributed by atoms with Gasteiger partial charge in [0, 0.05) is 29.1 Å². The quantitative estimate of drug-likeness (QED) is 0.538. The average Bonchev–Trinajstić information content (AvgIpc) is 3.09. The Kier molecular flexibility index (Phi) is 4.19. The van der Waals surface area contributed by atoms with E-state index in [-0.39, 0.29) is 5.92 Å². The SMILES string of the molecule is CC(C)c1c(C(c2cnc3[nH]ncc3c2)C(C)C)ccc2ncccc12. The van der Waals surface area contributed by atoms with Crippen molar-refractivity contribution in [2.24, 2.45) is 5.92 Å². The highest BCUT2D eigenvalue weighted by molar-refractivity contribution is 5.84. The van der Waals surface area contributed by atoms with Crippen molar-refractivity contribution in [3.05, 3.63) is 65.6 Å². The zero-order valence-electron chi connectivity index (χ0n) is 15.7. The van der Waals surface area contributed by atoms with Crippen LogP contribution in [-0.2, 0) is 0 Å². The van der Waals surface area contributed by atoms with Crippen LogP contribution in [0.25, 0.3) is 21.9 Å². The van der Waals surface area contributed by atoms with Crippen LogP contribution in [0.5, 0.6) is 0 Å². The summed E-state index contributed by atoms with van der Waals surface area (Å²) in [5.74, 6) is 1.15. The third-order valence-corrected chi connectivity index (χ3v) is 5.11. The van der Waals surface area contributed by atoms with Crippen molar-refractivity contribution >= 4 is 21.9 Å². The third-order valence-electron chi connectivity index (χ3n) is 5.11. The van der Waals surface area contributed by atoms with E-state index in [4.69, 9.17) is 0 Å². The molecule has 0 saturated heterocycles. The Morgan fingerprint density at radius 1 is 0.962 bits per heavy atom. The second-order valence-corrected chi connectivity index (χ2v) is 7.59. The van der Waals surface area contributed by atoms with Crippen LogP contribution >= 0.6 is 0 Å². The first-order valence-electron chi connectivity index (χ1n) is 9.22. The first-order valence-corrected chi connectivity index (χ1v) is 9.22. The smallest absolute Gasteiger partial charge is 0.155 e. The van der Waals surface area contributed by atoms with E-state index in [1.165, 1.54) is 22.1 Å². The molecule has 0 radical (unpaired) electrons. The molecule has 26 heavy (non-hydrogen) atoms. The summed E-state index contributed by atoms with van der Waals surface area (Å²) in [6.45, 7) is 9.09. The van der Waals surface area contributed by atoms with E-state index in [1.807, 2.05) is 24.7 Å². The summed E-state index contributed by atoms with van der Waals surface area (Å²) >= 11 is 0. The number of nitrogens with one attached hydrogen (secondary N) is 1. The van der Waals surface area contributed by atoms with Crippen LogP contribution in [0.2, 0.25) is 0 Å². The van der Waals surface area contributed by atoms with Crippen molar-refractivity contribution < 1.29 is 0 Å². The maximum absolute atomic E-state index is 4.58. The second-order valence-electron chi connectivity index (χ2n) is 7.59. The van der Waals surface area contributed by atoms with Crippen molar-refractivity contribution in [3.63, 3.8) is 0 Å². The number of pyridine rings is 2. The van der Waals surface area contributed by atoms with Crippen molar-refractivity contribution in [1.29, 1.82) is 0 Å². The molecular weight excluding hydrogens is 320 g/mol. The molecule has 0 aliphatic heterocycles. The Labute approximate surface area is 153 Å². The Morgan fingerprint density at radius 3 is 2.58 bits per heavy atom. The van der Waals surface area contributed by atoms with Gasteiger partial charge in [0.2, 0.25) is 0 Å². The summed E-state index contributed by atoms with van der Waals surface area (Å²) in [7, 11) is 0. The number of fused-ring (bicyclic) bond motifs is 2. The molecule has 132 valence electrons. The van der Waals surface area contributed by atoms with Crippen molar-refractivity contribution in [3.8, 4) is 0 Å². The predicted octanol–water partition coefficient (Wildman–Crippen LogP) is 5.42. The minimum absolute atomic E-state index is 0.281. The van der Waals surface area contributed by atoms with E-state index in [0.29, 0.717) is 11.8 Å². The molecule has 4 aromatic rings. The number of benzene rings is 1. The molecule has 0 amide bonds. The molecule has 4 rings (SSSR count). The molecule has 1 unspecified atom stereocenters. The average molecular weight is 344 g/mol. The lowest BCUT2D eigenvalue weighted by Gasteiger charge is -2.27. The van der Waals surface area contributed by atoms with Crippen LogP contribution < -0.4 is 0 Å². The zero-order chi connectivity index (χ0) is 18.3. The van der Waals surface area contributed by atoms with Gasteiger partial charge >= 0.3 is 0 Å². The number of nitrogens with zero attached hydrogens (tertiary/aromatic N) is 3. The molecule has 4 heteroatoms. The fraction of sp³-hybridized carbons (Fsp3) is 0.318. The maximum Gasteiger partial charge on any atom is 0.155 e.